The van der Waals surface area contributed by atoms with Crippen LogP contribution in [-0.4, -0.2) is 25.8 Å². The van der Waals surface area contributed by atoms with E-state index >= 15 is 0 Å². The Labute approximate surface area is 120 Å². The van der Waals surface area contributed by atoms with Gasteiger partial charge in [0.2, 0.25) is 11.8 Å². The highest BCUT2D eigenvalue weighted by atomic mass is 16.5. The van der Waals surface area contributed by atoms with Crippen molar-refractivity contribution in [3.8, 4) is 11.8 Å². The number of fused-ring (bicyclic) bond motifs is 1. The quantitative estimate of drug-likeness (QED) is 0.799. The molecule has 2 aromatic heterocycles. The molecule has 6 nitrogen and oxygen atoms in total. The third kappa shape index (κ3) is 2.43. The summed E-state index contributed by atoms with van der Waals surface area (Å²) in [7, 11) is 1.75. The third-order valence-corrected chi connectivity index (χ3v) is 3.09. The third-order valence-electron chi connectivity index (χ3n) is 3.09. The van der Waals surface area contributed by atoms with Crippen LogP contribution >= 0.6 is 0 Å². The molecule has 3 rings (SSSR count). The van der Waals surface area contributed by atoms with E-state index in [1.165, 1.54) is 6.07 Å². The first-order chi connectivity index (χ1) is 10.0. The lowest BCUT2D eigenvalue weighted by Crippen LogP contribution is -2.02. The molecule has 0 fully saturated rings. The van der Waals surface area contributed by atoms with Gasteiger partial charge in [-0.3, -0.25) is 0 Å². The van der Waals surface area contributed by atoms with E-state index in [1.54, 1.807) is 42.1 Å². The molecule has 1 aromatic carbocycles. The standard InChI is InChI=1S/C15H13N3O3/c1-9-7-14(18(2)17-9)21-13-8-11(15(19)20)10-5-3-4-6-12(10)16-13/h3-8H,1-2H3,(H,19,20). The lowest BCUT2D eigenvalue weighted by atomic mass is 10.1. The lowest BCUT2D eigenvalue weighted by molar-refractivity contribution is 0.0698. The van der Waals surface area contributed by atoms with Crippen molar-refractivity contribution >= 4 is 16.9 Å². The summed E-state index contributed by atoms with van der Waals surface area (Å²) in [5, 5.41) is 14.1. The highest BCUT2D eigenvalue weighted by Crippen LogP contribution is 2.26. The predicted molar refractivity (Wildman–Crippen MR) is 76.7 cm³/mol. The fraction of sp³-hybridized carbons (Fsp3) is 0.133. The lowest BCUT2D eigenvalue weighted by Gasteiger charge is -2.08. The Morgan fingerprint density at radius 3 is 2.71 bits per heavy atom. The number of nitrogens with zero attached hydrogens (tertiary/aromatic N) is 3. The Bertz CT molecular complexity index is 839. The van der Waals surface area contributed by atoms with Crippen molar-refractivity contribution in [2.24, 2.45) is 7.05 Å². The summed E-state index contributed by atoms with van der Waals surface area (Å²) in [6, 6.07) is 10.2. The van der Waals surface area contributed by atoms with Crippen LogP contribution in [0, 0.1) is 6.92 Å². The summed E-state index contributed by atoms with van der Waals surface area (Å²) >= 11 is 0. The maximum absolute atomic E-state index is 11.4. The van der Waals surface area contributed by atoms with Gasteiger partial charge in [0.15, 0.2) is 0 Å². The number of aromatic nitrogens is 3. The van der Waals surface area contributed by atoms with Crippen LogP contribution in [0.2, 0.25) is 0 Å². The van der Waals surface area contributed by atoms with Gasteiger partial charge in [0.25, 0.3) is 0 Å². The second kappa shape index (κ2) is 4.90. The molecule has 0 bridgehead atoms. The normalized spacial score (nSPS) is 10.8. The van der Waals surface area contributed by atoms with E-state index < -0.39 is 5.97 Å². The van der Waals surface area contributed by atoms with Crippen molar-refractivity contribution in [3.05, 3.63) is 47.7 Å². The van der Waals surface area contributed by atoms with Crippen LogP contribution < -0.4 is 4.74 Å². The van der Waals surface area contributed by atoms with Gasteiger partial charge in [-0.15, -0.1) is 0 Å². The average Bonchev–Trinajstić information content (AvgIpc) is 2.76. The number of carboxylic acid groups (broad SMARTS) is 1. The molecule has 0 aliphatic heterocycles. The molecule has 0 spiro atoms. The number of benzene rings is 1. The molecule has 0 atom stereocenters. The van der Waals surface area contributed by atoms with Crippen molar-refractivity contribution in [3.63, 3.8) is 0 Å². The average molecular weight is 283 g/mol. The minimum atomic E-state index is -1.01. The van der Waals surface area contributed by atoms with E-state index in [2.05, 4.69) is 10.1 Å². The van der Waals surface area contributed by atoms with E-state index in [0.29, 0.717) is 16.8 Å². The zero-order valence-electron chi connectivity index (χ0n) is 11.6. The number of rotatable bonds is 3. The fourth-order valence-electron chi connectivity index (χ4n) is 2.17. The molecule has 0 aliphatic carbocycles. The first-order valence-electron chi connectivity index (χ1n) is 6.36. The van der Waals surface area contributed by atoms with Crippen molar-refractivity contribution in [1.82, 2.24) is 14.8 Å². The van der Waals surface area contributed by atoms with Crippen molar-refractivity contribution < 1.29 is 14.6 Å². The molecule has 0 radical (unpaired) electrons. The van der Waals surface area contributed by atoms with Crippen molar-refractivity contribution in [2.75, 3.05) is 0 Å². The van der Waals surface area contributed by atoms with Gasteiger partial charge in [0.1, 0.15) is 0 Å². The number of ether oxygens (including phenoxy) is 1. The Kier molecular flexibility index (Phi) is 3.06. The van der Waals surface area contributed by atoms with Gasteiger partial charge in [-0.2, -0.15) is 5.10 Å². The second-order valence-corrected chi connectivity index (χ2v) is 4.68. The van der Waals surface area contributed by atoms with E-state index in [4.69, 9.17) is 4.74 Å². The van der Waals surface area contributed by atoms with E-state index in [0.717, 1.165) is 5.69 Å². The number of pyridine rings is 1. The number of hydrogen-bond acceptors (Lipinski definition) is 4. The molecule has 1 N–H and O–H groups in total. The Morgan fingerprint density at radius 2 is 2.05 bits per heavy atom. The predicted octanol–water partition coefficient (Wildman–Crippen LogP) is 2.77. The van der Waals surface area contributed by atoms with Gasteiger partial charge < -0.3 is 9.84 Å². The summed E-state index contributed by atoms with van der Waals surface area (Å²) in [4.78, 5) is 15.7. The molecule has 3 aromatic rings. The molecule has 6 heteroatoms. The summed E-state index contributed by atoms with van der Waals surface area (Å²) in [6.45, 7) is 1.85. The maximum atomic E-state index is 11.4. The molecule has 0 saturated carbocycles. The number of carbonyl (C=O) groups is 1. The largest absolute Gasteiger partial charge is 0.478 e. The number of carboxylic acids is 1. The van der Waals surface area contributed by atoms with E-state index in [-0.39, 0.29) is 11.4 Å². The molecular weight excluding hydrogens is 270 g/mol. The van der Waals surface area contributed by atoms with Gasteiger partial charge in [0.05, 0.1) is 16.8 Å². The highest BCUT2D eigenvalue weighted by Gasteiger charge is 2.14. The molecule has 2 heterocycles. The van der Waals surface area contributed by atoms with Crippen molar-refractivity contribution in [1.29, 1.82) is 0 Å². The van der Waals surface area contributed by atoms with Gasteiger partial charge in [-0.05, 0) is 13.0 Å². The number of aromatic carboxylic acids is 1. The zero-order valence-corrected chi connectivity index (χ0v) is 11.6. The number of para-hydroxylation sites is 1. The maximum Gasteiger partial charge on any atom is 0.336 e. The van der Waals surface area contributed by atoms with Crippen LogP contribution in [0.5, 0.6) is 11.8 Å². The van der Waals surface area contributed by atoms with Gasteiger partial charge in [-0.25, -0.2) is 14.5 Å². The minimum absolute atomic E-state index is 0.162. The van der Waals surface area contributed by atoms with Crippen molar-refractivity contribution in [2.45, 2.75) is 6.92 Å². The monoisotopic (exact) mass is 283 g/mol. The van der Waals surface area contributed by atoms with Gasteiger partial charge >= 0.3 is 5.97 Å². The van der Waals surface area contributed by atoms with Crippen LogP contribution in [0.1, 0.15) is 16.1 Å². The zero-order chi connectivity index (χ0) is 15.0. The molecule has 0 amide bonds. The molecule has 106 valence electrons. The first kappa shape index (κ1) is 13.1. The Hall–Kier alpha value is -2.89. The Morgan fingerprint density at radius 1 is 1.29 bits per heavy atom. The number of aryl methyl sites for hydroxylation is 2. The topological polar surface area (TPSA) is 77.2 Å². The van der Waals surface area contributed by atoms with Crippen LogP contribution in [0.15, 0.2) is 36.4 Å². The second-order valence-electron chi connectivity index (χ2n) is 4.68. The molecule has 21 heavy (non-hydrogen) atoms. The fourth-order valence-corrected chi connectivity index (χ4v) is 2.17. The molecule has 0 aliphatic rings. The van der Waals surface area contributed by atoms with Crippen LogP contribution in [0.3, 0.4) is 0 Å². The van der Waals surface area contributed by atoms with Gasteiger partial charge in [0, 0.05) is 24.6 Å². The minimum Gasteiger partial charge on any atom is -0.478 e. The van der Waals surface area contributed by atoms with Crippen LogP contribution in [0.25, 0.3) is 10.9 Å². The summed E-state index contributed by atoms with van der Waals surface area (Å²) < 4.78 is 7.23. The molecule has 0 unspecified atom stereocenters. The smallest absolute Gasteiger partial charge is 0.336 e. The highest BCUT2D eigenvalue weighted by molar-refractivity contribution is 6.02. The summed E-state index contributed by atoms with van der Waals surface area (Å²) in [5.41, 5.74) is 1.55. The SMILES string of the molecule is Cc1cc(Oc2cc(C(=O)O)c3ccccc3n2)n(C)n1. The first-order valence-corrected chi connectivity index (χ1v) is 6.36. The molecular formula is C15H13N3O3. The summed E-state index contributed by atoms with van der Waals surface area (Å²) in [6.07, 6.45) is 0. The Balaban J connectivity index is 2.11. The summed E-state index contributed by atoms with van der Waals surface area (Å²) in [5.74, 6) is -0.277. The molecule has 0 saturated heterocycles. The van der Waals surface area contributed by atoms with E-state index in [9.17, 15) is 9.90 Å². The number of hydrogen-bond donors (Lipinski definition) is 1. The van der Waals surface area contributed by atoms with Crippen LogP contribution in [0.4, 0.5) is 0 Å². The van der Waals surface area contributed by atoms with E-state index in [1.807, 2.05) is 6.92 Å². The van der Waals surface area contributed by atoms with Crippen LogP contribution in [-0.2, 0) is 7.05 Å². The van der Waals surface area contributed by atoms with Gasteiger partial charge in [-0.1, -0.05) is 18.2 Å².